The number of rotatable bonds is 3. The first-order chi connectivity index (χ1) is 8.15. The van der Waals surface area contributed by atoms with Crippen molar-refractivity contribution in [2.75, 3.05) is 0 Å². The van der Waals surface area contributed by atoms with Crippen molar-refractivity contribution in [1.82, 2.24) is 0 Å². The van der Waals surface area contributed by atoms with Gasteiger partial charge in [0.05, 0.1) is 0 Å². The predicted molar refractivity (Wildman–Crippen MR) is 62.4 cm³/mol. The van der Waals surface area contributed by atoms with Crippen LogP contribution in [0.4, 0.5) is 8.78 Å². The van der Waals surface area contributed by atoms with E-state index in [2.05, 4.69) is 10.8 Å². The Morgan fingerprint density at radius 3 is 2.29 bits per heavy atom. The van der Waals surface area contributed by atoms with Gasteiger partial charge in [-0.15, -0.1) is 0 Å². The maximum atomic E-state index is 11.9. The zero-order chi connectivity index (χ0) is 12.3. The predicted octanol–water partition coefficient (Wildman–Crippen LogP) is 4.41. The molecule has 0 spiro atoms. The van der Waals surface area contributed by atoms with Gasteiger partial charge in [0.1, 0.15) is 5.75 Å². The van der Waals surface area contributed by atoms with Gasteiger partial charge in [0, 0.05) is 5.02 Å². The van der Waals surface area contributed by atoms with Crippen molar-refractivity contribution in [3.63, 3.8) is 0 Å². The number of alkyl halides is 2. The van der Waals surface area contributed by atoms with E-state index in [1.807, 2.05) is 12.1 Å². The average molecular weight is 254 g/mol. The molecular weight excluding hydrogens is 246 g/mol. The summed E-state index contributed by atoms with van der Waals surface area (Å²) in [5.41, 5.74) is 1.71. The standard InChI is InChI=1S/C13H8ClF2O/c14-11-5-1-9(2-6-11)10-3-7-12(8-4-10)17-13(15)16/h1-3,5-8,13H. The van der Waals surface area contributed by atoms with Crippen LogP contribution in [0, 0.1) is 6.07 Å². The lowest BCUT2D eigenvalue weighted by Gasteiger charge is -2.05. The van der Waals surface area contributed by atoms with Gasteiger partial charge in [-0.2, -0.15) is 8.78 Å². The van der Waals surface area contributed by atoms with Gasteiger partial charge in [0.2, 0.25) is 0 Å². The normalized spacial score (nSPS) is 10.6. The molecule has 2 aromatic rings. The van der Waals surface area contributed by atoms with Crippen LogP contribution in [-0.2, 0) is 0 Å². The molecule has 0 heterocycles. The Labute approximate surface area is 103 Å². The van der Waals surface area contributed by atoms with Gasteiger partial charge in [0.25, 0.3) is 0 Å². The monoisotopic (exact) mass is 253 g/mol. The highest BCUT2D eigenvalue weighted by Crippen LogP contribution is 2.23. The highest BCUT2D eigenvalue weighted by molar-refractivity contribution is 6.30. The molecule has 0 saturated carbocycles. The Morgan fingerprint density at radius 1 is 1.06 bits per heavy atom. The summed E-state index contributed by atoms with van der Waals surface area (Å²) in [7, 11) is 0. The minimum atomic E-state index is -2.82. The quantitative estimate of drug-likeness (QED) is 0.787. The molecule has 4 heteroatoms. The molecule has 0 aliphatic rings. The smallest absolute Gasteiger partial charge is 0.387 e. The largest absolute Gasteiger partial charge is 0.435 e. The van der Waals surface area contributed by atoms with Crippen LogP contribution in [0.25, 0.3) is 11.1 Å². The van der Waals surface area contributed by atoms with E-state index in [9.17, 15) is 8.78 Å². The van der Waals surface area contributed by atoms with E-state index in [1.54, 1.807) is 18.2 Å². The molecule has 2 aromatic carbocycles. The third-order valence-electron chi connectivity index (χ3n) is 2.16. The van der Waals surface area contributed by atoms with E-state index in [-0.39, 0.29) is 5.75 Å². The van der Waals surface area contributed by atoms with Crippen molar-refractivity contribution >= 4 is 11.6 Å². The van der Waals surface area contributed by atoms with E-state index in [0.717, 1.165) is 11.1 Å². The molecule has 0 aliphatic heterocycles. The lowest BCUT2D eigenvalue weighted by molar-refractivity contribution is -0.0498. The highest BCUT2D eigenvalue weighted by Gasteiger charge is 2.04. The second kappa shape index (κ2) is 5.15. The molecular formula is C13H8ClF2O. The average Bonchev–Trinajstić information content (AvgIpc) is 2.30. The minimum absolute atomic E-state index is 0.0951. The third-order valence-corrected chi connectivity index (χ3v) is 2.42. The molecule has 0 fully saturated rings. The van der Waals surface area contributed by atoms with Crippen LogP contribution >= 0.6 is 11.6 Å². The Hall–Kier alpha value is -1.61. The first-order valence-electron chi connectivity index (χ1n) is 4.87. The summed E-state index contributed by atoms with van der Waals surface area (Å²) in [4.78, 5) is 0. The van der Waals surface area contributed by atoms with Crippen molar-refractivity contribution in [2.24, 2.45) is 0 Å². The maximum Gasteiger partial charge on any atom is 0.387 e. The number of hydrogen-bond donors (Lipinski definition) is 0. The number of hydrogen-bond acceptors (Lipinski definition) is 1. The molecule has 0 bridgehead atoms. The van der Waals surface area contributed by atoms with E-state index < -0.39 is 6.61 Å². The topological polar surface area (TPSA) is 9.23 Å². The summed E-state index contributed by atoms with van der Waals surface area (Å²) in [6, 6.07) is 14.6. The molecule has 1 nitrogen and oxygen atoms in total. The van der Waals surface area contributed by atoms with E-state index in [0.29, 0.717) is 5.02 Å². The Balaban J connectivity index is 2.20. The van der Waals surface area contributed by atoms with Crippen LogP contribution in [0.2, 0.25) is 5.02 Å². The summed E-state index contributed by atoms with van der Waals surface area (Å²) in [6.45, 7) is -2.82. The van der Waals surface area contributed by atoms with Gasteiger partial charge in [-0.3, -0.25) is 0 Å². The van der Waals surface area contributed by atoms with Gasteiger partial charge >= 0.3 is 6.61 Å². The van der Waals surface area contributed by atoms with E-state index >= 15 is 0 Å². The van der Waals surface area contributed by atoms with Gasteiger partial charge in [-0.25, -0.2) is 0 Å². The Kier molecular flexibility index (Phi) is 3.59. The molecule has 0 saturated heterocycles. The number of benzene rings is 2. The van der Waals surface area contributed by atoms with Crippen LogP contribution in [0.1, 0.15) is 0 Å². The molecule has 17 heavy (non-hydrogen) atoms. The highest BCUT2D eigenvalue weighted by atomic mass is 35.5. The van der Waals surface area contributed by atoms with Gasteiger partial charge in [-0.05, 0) is 41.5 Å². The third kappa shape index (κ3) is 3.17. The molecule has 0 atom stereocenters. The van der Waals surface area contributed by atoms with Gasteiger partial charge < -0.3 is 4.74 Å². The number of ether oxygens (including phenoxy) is 1. The van der Waals surface area contributed by atoms with Crippen molar-refractivity contribution in [3.05, 3.63) is 53.6 Å². The zero-order valence-corrected chi connectivity index (χ0v) is 9.42. The van der Waals surface area contributed by atoms with Crippen molar-refractivity contribution in [2.45, 2.75) is 6.61 Å². The minimum Gasteiger partial charge on any atom is -0.435 e. The Morgan fingerprint density at radius 2 is 1.76 bits per heavy atom. The molecule has 0 aromatic heterocycles. The first kappa shape index (κ1) is 11.9. The summed E-state index contributed by atoms with van der Waals surface area (Å²) in [5, 5.41) is 0.645. The molecule has 87 valence electrons. The first-order valence-corrected chi connectivity index (χ1v) is 5.25. The van der Waals surface area contributed by atoms with Gasteiger partial charge in [0.15, 0.2) is 0 Å². The molecule has 1 radical (unpaired) electrons. The van der Waals surface area contributed by atoms with Crippen LogP contribution < -0.4 is 4.74 Å². The van der Waals surface area contributed by atoms with Crippen LogP contribution in [0.15, 0.2) is 42.5 Å². The number of halogens is 3. The van der Waals surface area contributed by atoms with E-state index in [4.69, 9.17) is 11.6 Å². The fraction of sp³-hybridized carbons (Fsp3) is 0.0769. The second-order valence-corrected chi connectivity index (χ2v) is 3.76. The summed E-state index contributed by atoms with van der Waals surface area (Å²) in [5.74, 6) is 0.0951. The SMILES string of the molecule is FC(F)Oc1c[c]c(-c2ccc(Cl)cc2)cc1. The lowest BCUT2D eigenvalue weighted by Crippen LogP contribution is -2.01. The van der Waals surface area contributed by atoms with Crippen molar-refractivity contribution in [1.29, 1.82) is 0 Å². The van der Waals surface area contributed by atoms with Crippen molar-refractivity contribution in [3.8, 4) is 16.9 Å². The maximum absolute atomic E-state index is 11.9. The second-order valence-electron chi connectivity index (χ2n) is 3.32. The molecule has 0 amide bonds. The molecule has 2 rings (SSSR count). The molecule has 0 aliphatic carbocycles. The summed E-state index contributed by atoms with van der Waals surface area (Å²) in [6.07, 6.45) is 0. The lowest BCUT2D eigenvalue weighted by atomic mass is 10.1. The molecule has 0 N–H and O–H groups in total. The van der Waals surface area contributed by atoms with Crippen LogP contribution in [0.5, 0.6) is 5.75 Å². The van der Waals surface area contributed by atoms with Crippen molar-refractivity contribution < 1.29 is 13.5 Å². The fourth-order valence-electron chi connectivity index (χ4n) is 1.40. The van der Waals surface area contributed by atoms with Crippen LogP contribution in [0.3, 0.4) is 0 Å². The molecule has 0 unspecified atom stereocenters. The Bertz CT molecular complexity index is 480. The van der Waals surface area contributed by atoms with Gasteiger partial charge in [-0.1, -0.05) is 29.8 Å². The summed E-state index contributed by atoms with van der Waals surface area (Å²) < 4.78 is 28.1. The fourth-order valence-corrected chi connectivity index (χ4v) is 1.52. The zero-order valence-electron chi connectivity index (χ0n) is 8.66. The van der Waals surface area contributed by atoms with Crippen LogP contribution in [-0.4, -0.2) is 6.61 Å². The summed E-state index contributed by atoms with van der Waals surface area (Å²) >= 11 is 5.77. The van der Waals surface area contributed by atoms with E-state index in [1.165, 1.54) is 12.1 Å².